The molecule has 2 aromatic carbocycles. The van der Waals surface area contributed by atoms with Crippen molar-refractivity contribution in [2.24, 2.45) is 0 Å². The molecule has 0 aliphatic rings. The molecule has 0 saturated heterocycles. The maximum Gasteiger partial charge on any atom is 0.0831 e. The Labute approximate surface area is 99.5 Å². The zero-order valence-corrected chi connectivity index (χ0v) is 9.35. The summed E-state index contributed by atoms with van der Waals surface area (Å²) in [7, 11) is 0. The monoisotopic (exact) mass is 223 g/mol. The molecule has 2 nitrogen and oxygen atoms in total. The number of rotatable bonds is 2. The fraction of sp³-hybridized carbons (Fsp3) is 0.0667. The van der Waals surface area contributed by atoms with E-state index in [1.54, 1.807) is 0 Å². The van der Waals surface area contributed by atoms with Gasteiger partial charge in [0.25, 0.3) is 0 Å². The second kappa shape index (κ2) is 4.07. The number of benzene rings is 2. The third-order valence-corrected chi connectivity index (χ3v) is 2.95. The first kappa shape index (κ1) is 10.1. The summed E-state index contributed by atoms with van der Waals surface area (Å²) in [6, 6.07) is 18.6. The zero-order chi connectivity index (χ0) is 11.7. The number of hydrogen-bond acceptors (Lipinski definition) is 1. The Kier molecular flexibility index (Phi) is 2.42. The van der Waals surface area contributed by atoms with Gasteiger partial charge in [0, 0.05) is 16.6 Å². The van der Waals surface area contributed by atoms with Crippen molar-refractivity contribution in [3.05, 3.63) is 60.3 Å². The number of fused-ring (bicyclic) bond motifs is 1. The molecule has 84 valence electrons. The number of aliphatic hydroxyl groups is 1. The van der Waals surface area contributed by atoms with Crippen molar-refractivity contribution in [3.8, 4) is 11.1 Å². The predicted molar refractivity (Wildman–Crippen MR) is 69.7 cm³/mol. The van der Waals surface area contributed by atoms with Crippen LogP contribution in [0.3, 0.4) is 0 Å². The van der Waals surface area contributed by atoms with Crippen LogP contribution in [0.2, 0.25) is 0 Å². The summed E-state index contributed by atoms with van der Waals surface area (Å²) in [6.45, 7) is 0.0509. The summed E-state index contributed by atoms with van der Waals surface area (Å²) in [4.78, 5) is 3.17. The van der Waals surface area contributed by atoms with Crippen LogP contribution in [0.15, 0.2) is 54.6 Å². The molecule has 17 heavy (non-hydrogen) atoms. The molecular formula is C15H13NO. The van der Waals surface area contributed by atoms with Crippen molar-refractivity contribution in [1.29, 1.82) is 0 Å². The maximum atomic E-state index is 9.09. The molecule has 3 aromatic rings. The Hall–Kier alpha value is -2.06. The number of aromatic amines is 1. The van der Waals surface area contributed by atoms with Crippen molar-refractivity contribution in [3.63, 3.8) is 0 Å². The van der Waals surface area contributed by atoms with Gasteiger partial charge in [-0.3, -0.25) is 0 Å². The molecule has 1 aromatic heterocycles. The fourth-order valence-electron chi connectivity index (χ4n) is 2.09. The van der Waals surface area contributed by atoms with Gasteiger partial charge < -0.3 is 10.1 Å². The predicted octanol–water partition coefficient (Wildman–Crippen LogP) is 3.33. The Balaban J connectivity index is 2.13. The summed E-state index contributed by atoms with van der Waals surface area (Å²) >= 11 is 0. The molecule has 3 rings (SSSR count). The molecule has 0 aliphatic carbocycles. The molecule has 0 bridgehead atoms. The number of nitrogens with one attached hydrogen (secondary N) is 1. The average molecular weight is 223 g/mol. The fourth-order valence-corrected chi connectivity index (χ4v) is 2.09. The molecule has 0 radical (unpaired) electrons. The van der Waals surface area contributed by atoms with E-state index >= 15 is 0 Å². The molecule has 0 atom stereocenters. The molecule has 0 spiro atoms. The summed E-state index contributed by atoms with van der Waals surface area (Å²) in [6.07, 6.45) is 0. The largest absolute Gasteiger partial charge is 0.390 e. The van der Waals surface area contributed by atoms with Gasteiger partial charge in [0.15, 0.2) is 0 Å². The normalized spacial score (nSPS) is 10.9. The Morgan fingerprint density at radius 3 is 2.47 bits per heavy atom. The molecule has 0 saturated carbocycles. The molecular weight excluding hydrogens is 210 g/mol. The highest BCUT2D eigenvalue weighted by atomic mass is 16.3. The highest BCUT2D eigenvalue weighted by Gasteiger charge is 2.02. The first-order chi connectivity index (χ1) is 8.36. The van der Waals surface area contributed by atoms with Crippen molar-refractivity contribution in [1.82, 2.24) is 4.98 Å². The van der Waals surface area contributed by atoms with E-state index in [1.165, 1.54) is 11.1 Å². The number of aromatic nitrogens is 1. The Morgan fingerprint density at radius 1 is 0.882 bits per heavy atom. The topological polar surface area (TPSA) is 36.0 Å². The number of H-pyrrole nitrogens is 1. The summed E-state index contributed by atoms with van der Waals surface area (Å²) in [5.74, 6) is 0. The minimum atomic E-state index is 0.0509. The lowest BCUT2D eigenvalue weighted by molar-refractivity contribution is 0.278. The van der Waals surface area contributed by atoms with Gasteiger partial charge in [-0.25, -0.2) is 0 Å². The number of aliphatic hydroxyl groups excluding tert-OH is 1. The van der Waals surface area contributed by atoms with Crippen molar-refractivity contribution < 1.29 is 5.11 Å². The Bertz CT molecular complexity index is 640. The van der Waals surface area contributed by atoms with Gasteiger partial charge >= 0.3 is 0 Å². The lowest BCUT2D eigenvalue weighted by atomic mass is 10.0. The van der Waals surface area contributed by atoms with Crippen LogP contribution in [0.25, 0.3) is 22.0 Å². The molecule has 2 N–H and O–H groups in total. The van der Waals surface area contributed by atoms with E-state index in [4.69, 9.17) is 5.11 Å². The Morgan fingerprint density at radius 2 is 1.71 bits per heavy atom. The third kappa shape index (κ3) is 1.83. The van der Waals surface area contributed by atoms with Gasteiger partial charge in [-0.1, -0.05) is 36.4 Å². The van der Waals surface area contributed by atoms with Crippen LogP contribution in [-0.2, 0) is 6.61 Å². The summed E-state index contributed by atoms with van der Waals surface area (Å²) in [5.41, 5.74) is 4.32. The SMILES string of the molecule is OCc1cc2cc(-c3ccccc3)ccc2[nH]1. The molecule has 1 heterocycles. The minimum Gasteiger partial charge on any atom is -0.390 e. The summed E-state index contributed by atoms with van der Waals surface area (Å²) in [5, 5.41) is 10.2. The minimum absolute atomic E-state index is 0.0509. The zero-order valence-electron chi connectivity index (χ0n) is 9.35. The van der Waals surface area contributed by atoms with E-state index in [2.05, 4.69) is 35.3 Å². The molecule has 0 unspecified atom stereocenters. The van der Waals surface area contributed by atoms with Crippen molar-refractivity contribution in [2.45, 2.75) is 6.61 Å². The van der Waals surface area contributed by atoms with Gasteiger partial charge in [0.2, 0.25) is 0 Å². The van der Waals surface area contributed by atoms with Crippen LogP contribution in [0.5, 0.6) is 0 Å². The second-order valence-electron chi connectivity index (χ2n) is 4.12. The van der Waals surface area contributed by atoms with Crippen LogP contribution in [0.4, 0.5) is 0 Å². The second-order valence-corrected chi connectivity index (χ2v) is 4.12. The highest BCUT2D eigenvalue weighted by Crippen LogP contribution is 2.24. The molecule has 2 heteroatoms. The summed E-state index contributed by atoms with van der Waals surface area (Å²) < 4.78 is 0. The van der Waals surface area contributed by atoms with E-state index < -0.39 is 0 Å². The van der Waals surface area contributed by atoms with E-state index in [0.717, 1.165) is 16.6 Å². The van der Waals surface area contributed by atoms with Crippen LogP contribution < -0.4 is 0 Å². The van der Waals surface area contributed by atoms with Crippen LogP contribution in [0, 0.1) is 0 Å². The molecule has 0 fully saturated rings. The van der Waals surface area contributed by atoms with Crippen LogP contribution in [-0.4, -0.2) is 10.1 Å². The maximum absolute atomic E-state index is 9.09. The quantitative estimate of drug-likeness (QED) is 0.686. The van der Waals surface area contributed by atoms with E-state index in [-0.39, 0.29) is 6.61 Å². The van der Waals surface area contributed by atoms with E-state index in [1.807, 2.05) is 24.3 Å². The lowest BCUT2D eigenvalue weighted by Crippen LogP contribution is -1.79. The van der Waals surface area contributed by atoms with Gasteiger partial charge in [0.05, 0.1) is 6.61 Å². The first-order valence-corrected chi connectivity index (χ1v) is 5.65. The number of hydrogen-bond donors (Lipinski definition) is 2. The van der Waals surface area contributed by atoms with Gasteiger partial charge in [-0.05, 0) is 29.3 Å². The smallest absolute Gasteiger partial charge is 0.0831 e. The molecule has 0 amide bonds. The van der Waals surface area contributed by atoms with Gasteiger partial charge in [-0.2, -0.15) is 0 Å². The molecule has 0 aliphatic heterocycles. The van der Waals surface area contributed by atoms with E-state index in [0.29, 0.717) is 0 Å². The third-order valence-electron chi connectivity index (χ3n) is 2.95. The van der Waals surface area contributed by atoms with Gasteiger partial charge in [-0.15, -0.1) is 0 Å². The lowest BCUT2D eigenvalue weighted by Gasteiger charge is -2.00. The van der Waals surface area contributed by atoms with E-state index in [9.17, 15) is 0 Å². The standard InChI is InChI=1S/C15H13NO/c17-10-14-9-13-8-12(6-7-15(13)16-14)11-4-2-1-3-5-11/h1-9,16-17H,10H2. The van der Waals surface area contributed by atoms with Crippen LogP contribution >= 0.6 is 0 Å². The van der Waals surface area contributed by atoms with Gasteiger partial charge in [0.1, 0.15) is 0 Å². The van der Waals surface area contributed by atoms with Crippen molar-refractivity contribution >= 4 is 10.9 Å². The first-order valence-electron chi connectivity index (χ1n) is 5.65. The van der Waals surface area contributed by atoms with Crippen LogP contribution in [0.1, 0.15) is 5.69 Å². The van der Waals surface area contributed by atoms with Crippen molar-refractivity contribution in [2.75, 3.05) is 0 Å². The highest BCUT2D eigenvalue weighted by molar-refractivity contribution is 5.85. The average Bonchev–Trinajstić information content (AvgIpc) is 2.81.